The SMILES string of the molecule is COc1ccc2[nH]c(=O)c(/C=C3\Cc4cc(OC)c(OC)cc4C3=O)cc2c1. The van der Waals surface area contributed by atoms with Crippen molar-refractivity contribution in [1.29, 1.82) is 0 Å². The number of nitrogens with one attached hydrogen (secondary N) is 1. The van der Waals surface area contributed by atoms with Gasteiger partial charge in [0.1, 0.15) is 5.75 Å². The summed E-state index contributed by atoms with van der Waals surface area (Å²) in [7, 11) is 4.68. The van der Waals surface area contributed by atoms with Crippen molar-refractivity contribution in [3.8, 4) is 17.2 Å². The molecule has 0 radical (unpaired) electrons. The van der Waals surface area contributed by atoms with Gasteiger partial charge in [0, 0.05) is 34.0 Å². The van der Waals surface area contributed by atoms with E-state index >= 15 is 0 Å². The Morgan fingerprint density at radius 2 is 1.68 bits per heavy atom. The van der Waals surface area contributed by atoms with Crippen LogP contribution in [0.15, 0.2) is 46.8 Å². The summed E-state index contributed by atoms with van der Waals surface area (Å²) >= 11 is 0. The average Bonchev–Trinajstić information content (AvgIpc) is 3.01. The molecule has 0 unspecified atom stereocenters. The minimum absolute atomic E-state index is 0.110. The maximum absolute atomic E-state index is 12.8. The Bertz CT molecular complexity index is 1190. The summed E-state index contributed by atoms with van der Waals surface area (Å²) in [6.45, 7) is 0. The number of carbonyl (C=O) groups excluding carboxylic acids is 1. The van der Waals surface area contributed by atoms with E-state index in [0.717, 1.165) is 10.9 Å². The third-order valence-electron chi connectivity index (χ3n) is 4.94. The van der Waals surface area contributed by atoms with E-state index in [9.17, 15) is 9.59 Å². The highest BCUT2D eigenvalue weighted by Gasteiger charge is 2.27. The van der Waals surface area contributed by atoms with Crippen molar-refractivity contribution >= 4 is 22.8 Å². The molecule has 4 rings (SSSR count). The van der Waals surface area contributed by atoms with E-state index in [1.165, 1.54) is 7.11 Å². The summed E-state index contributed by atoms with van der Waals surface area (Å²) in [4.78, 5) is 28.2. The monoisotopic (exact) mass is 377 g/mol. The molecular formula is C22H19NO5. The highest BCUT2D eigenvalue weighted by atomic mass is 16.5. The van der Waals surface area contributed by atoms with Crippen molar-refractivity contribution in [3.63, 3.8) is 0 Å². The van der Waals surface area contributed by atoms with Crippen molar-refractivity contribution < 1.29 is 19.0 Å². The third kappa shape index (κ3) is 2.93. The quantitative estimate of drug-likeness (QED) is 0.706. The summed E-state index contributed by atoms with van der Waals surface area (Å²) in [6.07, 6.45) is 2.09. The van der Waals surface area contributed by atoms with Gasteiger partial charge < -0.3 is 19.2 Å². The first-order valence-electron chi connectivity index (χ1n) is 8.75. The molecule has 6 nitrogen and oxygen atoms in total. The number of allylic oxidation sites excluding steroid dienone is 1. The maximum Gasteiger partial charge on any atom is 0.255 e. The van der Waals surface area contributed by atoms with Gasteiger partial charge >= 0.3 is 0 Å². The lowest BCUT2D eigenvalue weighted by atomic mass is 10.1. The molecule has 6 heteroatoms. The second-order valence-electron chi connectivity index (χ2n) is 6.55. The van der Waals surface area contributed by atoms with Crippen LogP contribution in [0.5, 0.6) is 17.2 Å². The summed E-state index contributed by atoms with van der Waals surface area (Å²) in [6, 6.07) is 10.7. The lowest BCUT2D eigenvalue weighted by Gasteiger charge is -2.08. The molecule has 1 heterocycles. The van der Waals surface area contributed by atoms with Crippen LogP contribution in [-0.2, 0) is 6.42 Å². The van der Waals surface area contributed by atoms with E-state index in [1.54, 1.807) is 44.6 Å². The van der Waals surface area contributed by atoms with E-state index in [2.05, 4.69) is 4.98 Å². The minimum Gasteiger partial charge on any atom is -0.497 e. The maximum atomic E-state index is 12.8. The molecule has 0 amide bonds. The fourth-order valence-corrected chi connectivity index (χ4v) is 3.48. The Labute approximate surface area is 161 Å². The molecule has 0 saturated heterocycles. The van der Waals surface area contributed by atoms with E-state index in [1.807, 2.05) is 12.1 Å². The Balaban J connectivity index is 1.78. The third-order valence-corrected chi connectivity index (χ3v) is 4.94. The zero-order valence-corrected chi connectivity index (χ0v) is 15.8. The second-order valence-corrected chi connectivity index (χ2v) is 6.55. The van der Waals surface area contributed by atoms with E-state index < -0.39 is 0 Å². The number of benzene rings is 2. The lowest BCUT2D eigenvalue weighted by molar-refractivity contribution is 0.104. The smallest absolute Gasteiger partial charge is 0.255 e. The molecular weight excluding hydrogens is 358 g/mol. The summed E-state index contributed by atoms with van der Waals surface area (Å²) in [5, 5.41) is 0.831. The van der Waals surface area contributed by atoms with Crippen LogP contribution in [0.4, 0.5) is 0 Å². The van der Waals surface area contributed by atoms with Crippen LogP contribution >= 0.6 is 0 Å². The first-order chi connectivity index (χ1) is 13.5. The predicted molar refractivity (Wildman–Crippen MR) is 107 cm³/mol. The summed E-state index contributed by atoms with van der Waals surface area (Å²) in [5.74, 6) is 1.67. The molecule has 1 N–H and O–H groups in total. The number of rotatable bonds is 4. The zero-order valence-electron chi connectivity index (χ0n) is 15.8. The van der Waals surface area contributed by atoms with Gasteiger partial charge in [-0.25, -0.2) is 0 Å². The molecule has 0 atom stereocenters. The van der Waals surface area contributed by atoms with E-state index in [0.29, 0.717) is 45.9 Å². The van der Waals surface area contributed by atoms with Crippen molar-refractivity contribution in [2.45, 2.75) is 6.42 Å². The minimum atomic E-state index is -0.246. The van der Waals surface area contributed by atoms with Gasteiger partial charge in [-0.05, 0) is 48.0 Å². The topological polar surface area (TPSA) is 77.6 Å². The molecule has 1 aliphatic carbocycles. The highest BCUT2D eigenvalue weighted by molar-refractivity contribution is 6.16. The van der Waals surface area contributed by atoms with Gasteiger partial charge in [0.05, 0.1) is 21.3 Å². The number of fused-ring (bicyclic) bond motifs is 2. The number of Topliss-reactive ketones (excluding diaryl/α,β-unsaturated/α-hetero) is 1. The van der Waals surface area contributed by atoms with Crippen LogP contribution in [-0.4, -0.2) is 32.1 Å². The normalized spacial score (nSPS) is 14.4. The summed E-state index contributed by atoms with van der Waals surface area (Å²) < 4.78 is 15.8. The molecule has 0 aliphatic heterocycles. The molecule has 1 aromatic heterocycles. The molecule has 0 spiro atoms. The van der Waals surface area contributed by atoms with Gasteiger partial charge in [-0.3, -0.25) is 9.59 Å². The van der Waals surface area contributed by atoms with Crippen LogP contribution in [0, 0.1) is 0 Å². The molecule has 3 aromatic rings. The number of hydrogen-bond acceptors (Lipinski definition) is 5. The molecule has 2 aromatic carbocycles. The fraction of sp³-hybridized carbons (Fsp3) is 0.182. The number of H-pyrrole nitrogens is 1. The molecule has 0 bridgehead atoms. The van der Waals surface area contributed by atoms with Gasteiger partial charge in [-0.1, -0.05) is 0 Å². The van der Waals surface area contributed by atoms with Crippen molar-refractivity contribution in [2.24, 2.45) is 0 Å². The Morgan fingerprint density at radius 1 is 0.929 bits per heavy atom. The van der Waals surface area contributed by atoms with Crippen LogP contribution in [0.1, 0.15) is 21.5 Å². The van der Waals surface area contributed by atoms with Crippen LogP contribution < -0.4 is 19.8 Å². The van der Waals surface area contributed by atoms with Crippen LogP contribution in [0.3, 0.4) is 0 Å². The molecule has 142 valence electrons. The lowest BCUT2D eigenvalue weighted by Crippen LogP contribution is -2.10. The van der Waals surface area contributed by atoms with Gasteiger partial charge in [-0.2, -0.15) is 0 Å². The van der Waals surface area contributed by atoms with Gasteiger partial charge in [-0.15, -0.1) is 0 Å². The van der Waals surface area contributed by atoms with E-state index in [4.69, 9.17) is 14.2 Å². The Morgan fingerprint density at radius 3 is 2.39 bits per heavy atom. The van der Waals surface area contributed by atoms with Crippen LogP contribution in [0.2, 0.25) is 0 Å². The van der Waals surface area contributed by atoms with E-state index in [-0.39, 0.29) is 11.3 Å². The fourth-order valence-electron chi connectivity index (χ4n) is 3.48. The van der Waals surface area contributed by atoms with Gasteiger partial charge in [0.15, 0.2) is 17.3 Å². The molecule has 0 fully saturated rings. The number of carbonyl (C=O) groups is 1. The number of aromatic nitrogens is 1. The Kier molecular flexibility index (Phi) is 4.39. The second kappa shape index (κ2) is 6.88. The standard InChI is InChI=1S/C22H19NO5/c1-26-16-4-5-18-13(9-16)7-15(22(25)23-18)8-14-6-12-10-19(27-2)20(28-3)11-17(12)21(14)24/h4-5,7-11H,6H2,1-3H3,(H,23,25)/b14-8+. The van der Waals surface area contributed by atoms with Gasteiger partial charge in [0.25, 0.3) is 5.56 Å². The number of methoxy groups -OCH3 is 3. The van der Waals surface area contributed by atoms with Crippen molar-refractivity contribution in [1.82, 2.24) is 4.98 Å². The number of hydrogen-bond donors (Lipinski definition) is 1. The van der Waals surface area contributed by atoms with Crippen molar-refractivity contribution in [3.05, 3.63) is 69.0 Å². The van der Waals surface area contributed by atoms with Crippen LogP contribution in [0.25, 0.3) is 17.0 Å². The first-order valence-corrected chi connectivity index (χ1v) is 8.75. The number of ether oxygens (including phenoxy) is 3. The summed E-state index contributed by atoms with van der Waals surface area (Å²) in [5.41, 5.74) is 2.87. The number of pyridine rings is 1. The highest BCUT2D eigenvalue weighted by Crippen LogP contribution is 2.37. The number of ketones is 1. The predicted octanol–water partition coefficient (Wildman–Crippen LogP) is 3.38. The molecule has 1 aliphatic rings. The molecule has 0 saturated carbocycles. The largest absolute Gasteiger partial charge is 0.497 e. The Hall–Kier alpha value is -3.54. The first kappa shape index (κ1) is 17.9. The molecule has 28 heavy (non-hydrogen) atoms. The average molecular weight is 377 g/mol. The van der Waals surface area contributed by atoms with Crippen molar-refractivity contribution in [2.75, 3.05) is 21.3 Å². The number of aromatic amines is 1. The van der Waals surface area contributed by atoms with Gasteiger partial charge in [0.2, 0.25) is 0 Å². The zero-order chi connectivity index (χ0) is 19.8.